The van der Waals surface area contributed by atoms with Crippen molar-refractivity contribution in [2.24, 2.45) is 0 Å². The van der Waals surface area contributed by atoms with Crippen LogP contribution in [0.25, 0.3) is 0 Å². The molecule has 3 rings (SSSR count). The van der Waals surface area contributed by atoms with Gasteiger partial charge < -0.3 is 14.7 Å². The lowest BCUT2D eigenvalue weighted by Gasteiger charge is -2.25. The largest absolute Gasteiger partial charge is 0.491 e. The maximum atomic E-state index is 12.3. The fourth-order valence-corrected chi connectivity index (χ4v) is 5.14. The molecule has 1 aliphatic rings. The molecule has 2 heterocycles. The van der Waals surface area contributed by atoms with Crippen molar-refractivity contribution >= 4 is 52.4 Å². The standard InChI is InChI=1S/C20H21ClN2O5S2/c1-11-7-17(14(12(2)24)8-15(11)21)28-9-13-3-4-18(25)23(13)5-6-29-20-22-16(10-30-20)19(26)27/h7-8,10,13H,3-6,9H2,1-2H3,(H,26,27)/t13-/m1/s1. The summed E-state index contributed by atoms with van der Waals surface area (Å²) in [6, 6.07) is 3.28. The lowest BCUT2D eigenvalue weighted by molar-refractivity contribution is -0.129. The average Bonchev–Trinajstić information content (AvgIpc) is 3.30. The number of aromatic nitrogens is 1. The van der Waals surface area contributed by atoms with Crippen LogP contribution < -0.4 is 4.74 Å². The highest BCUT2D eigenvalue weighted by atomic mass is 35.5. The first-order valence-electron chi connectivity index (χ1n) is 9.31. The Kier molecular flexibility index (Phi) is 7.38. The van der Waals surface area contributed by atoms with Gasteiger partial charge in [0.15, 0.2) is 15.8 Å². The number of Topliss-reactive ketones (excluding diaryl/α,β-unsaturated/α-hetero) is 1. The second kappa shape index (κ2) is 9.80. The number of hydrogen-bond donors (Lipinski definition) is 1. The van der Waals surface area contributed by atoms with E-state index in [1.54, 1.807) is 17.0 Å². The van der Waals surface area contributed by atoms with Gasteiger partial charge in [0.2, 0.25) is 5.91 Å². The molecule has 0 bridgehead atoms. The van der Waals surface area contributed by atoms with E-state index in [2.05, 4.69) is 4.98 Å². The highest BCUT2D eigenvalue weighted by Gasteiger charge is 2.31. The van der Waals surface area contributed by atoms with Crippen LogP contribution in [0.2, 0.25) is 5.02 Å². The quantitative estimate of drug-likeness (QED) is 0.435. The van der Waals surface area contributed by atoms with Crippen LogP contribution in [0.3, 0.4) is 0 Å². The fourth-order valence-electron chi connectivity index (χ4n) is 3.16. The number of nitrogens with zero attached hydrogens (tertiary/aromatic N) is 2. The summed E-state index contributed by atoms with van der Waals surface area (Å²) >= 11 is 8.83. The van der Waals surface area contributed by atoms with Gasteiger partial charge >= 0.3 is 5.97 Å². The summed E-state index contributed by atoms with van der Waals surface area (Å²) in [5.41, 5.74) is 1.28. The first-order chi connectivity index (χ1) is 14.3. The van der Waals surface area contributed by atoms with Gasteiger partial charge in [-0.3, -0.25) is 9.59 Å². The van der Waals surface area contributed by atoms with Crippen molar-refractivity contribution in [3.8, 4) is 5.75 Å². The van der Waals surface area contributed by atoms with Crippen LogP contribution >= 0.6 is 34.7 Å². The zero-order chi connectivity index (χ0) is 21.8. The van der Waals surface area contributed by atoms with Gasteiger partial charge in [-0.15, -0.1) is 11.3 Å². The molecule has 0 spiro atoms. The van der Waals surface area contributed by atoms with Crippen molar-refractivity contribution in [2.45, 2.75) is 37.1 Å². The minimum atomic E-state index is -1.05. The van der Waals surface area contributed by atoms with Crippen molar-refractivity contribution in [2.75, 3.05) is 18.9 Å². The number of carboxylic acid groups (broad SMARTS) is 1. The molecule has 0 aliphatic carbocycles. The molecule has 0 saturated carbocycles. The summed E-state index contributed by atoms with van der Waals surface area (Å²) in [6.45, 7) is 4.11. The van der Waals surface area contributed by atoms with Crippen LogP contribution in [0.1, 0.15) is 46.2 Å². The van der Waals surface area contributed by atoms with E-state index in [1.807, 2.05) is 6.92 Å². The molecule has 1 aromatic heterocycles. The SMILES string of the molecule is CC(=O)c1cc(Cl)c(C)cc1OC[C@H]1CCC(=O)N1CCSc1nc(C(=O)O)cs1. The van der Waals surface area contributed by atoms with Gasteiger partial charge in [0.05, 0.1) is 11.6 Å². The molecule has 1 amide bonds. The smallest absolute Gasteiger partial charge is 0.355 e. The van der Waals surface area contributed by atoms with E-state index < -0.39 is 5.97 Å². The number of carbonyl (C=O) groups is 3. The van der Waals surface area contributed by atoms with Gasteiger partial charge in [-0.05, 0) is 38.0 Å². The van der Waals surface area contributed by atoms with E-state index in [0.717, 1.165) is 5.56 Å². The van der Waals surface area contributed by atoms with Crippen LogP contribution in [0.5, 0.6) is 5.75 Å². The normalized spacial score (nSPS) is 16.2. The van der Waals surface area contributed by atoms with Crippen LogP contribution in [-0.2, 0) is 4.79 Å². The zero-order valence-corrected chi connectivity index (χ0v) is 18.9. The monoisotopic (exact) mass is 468 g/mol. The molecule has 7 nitrogen and oxygen atoms in total. The Labute approximate surface area is 187 Å². The number of likely N-dealkylation sites (tertiary alicyclic amines) is 1. The number of aryl methyl sites for hydroxylation is 1. The van der Waals surface area contributed by atoms with Crippen LogP contribution in [0.15, 0.2) is 21.9 Å². The lowest BCUT2D eigenvalue weighted by atomic mass is 10.1. The first kappa shape index (κ1) is 22.6. The van der Waals surface area contributed by atoms with E-state index in [0.29, 0.717) is 45.8 Å². The molecular weight excluding hydrogens is 448 g/mol. The summed E-state index contributed by atoms with van der Waals surface area (Å²) in [6.07, 6.45) is 1.14. The molecule has 0 radical (unpaired) electrons. The van der Waals surface area contributed by atoms with E-state index in [9.17, 15) is 14.4 Å². The molecule has 160 valence electrons. The van der Waals surface area contributed by atoms with E-state index in [1.165, 1.54) is 35.4 Å². The lowest BCUT2D eigenvalue weighted by Crippen LogP contribution is -2.38. The van der Waals surface area contributed by atoms with E-state index >= 15 is 0 Å². The minimum absolute atomic E-state index is 0.0329. The van der Waals surface area contributed by atoms with E-state index in [4.69, 9.17) is 21.4 Å². The molecule has 1 saturated heterocycles. The van der Waals surface area contributed by atoms with Crippen molar-refractivity contribution in [1.82, 2.24) is 9.88 Å². The number of carbonyl (C=O) groups excluding carboxylic acids is 2. The first-order valence-corrected chi connectivity index (χ1v) is 11.6. The number of hydrogen-bond acceptors (Lipinski definition) is 7. The maximum absolute atomic E-state index is 12.3. The van der Waals surface area contributed by atoms with Gasteiger partial charge in [-0.2, -0.15) is 0 Å². The zero-order valence-electron chi connectivity index (χ0n) is 16.5. The number of halogens is 1. The van der Waals surface area contributed by atoms with Crippen LogP contribution in [0.4, 0.5) is 0 Å². The number of thioether (sulfide) groups is 1. The topological polar surface area (TPSA) is 96.8 Å². The molecule has 1 aliphatic heterocycles. The molecule has 1 aromatic carbocycles. The average molecular weight is 469 g/mol. The highest BCUT2D eigenvalue weighted by Crippen LogP contribution is 2.29. The van der Waals surface area contributed by atoms with Crippen molar-refractivity contribution in [3.05, 3.63) is 39.4 Å². The highest BCUT2D eigenvalue weighted by molar-refractivity contribution is 8.01. The number of benzene rings is 1. The third-order valence-corrected chi connectivity index (χ3v) is 7.19. The second-order valence-electron chi connectivity index (χ2n) is 6.90. The maximum Gasteiger partial charge on any atom is 0.355 e. The Hall–Kier alpha value is -2.10. The predicted molar refractivity (Wildman–Crippen MR) is 116 cm³/mol. The summed E-state index contributed by atoms with van der Waals surface area (Å²) in [5, 5.41) is 11.0. The Morgan fingerprint density at radius 3 is 2.87 bits per heavy atom. The van der Waals surface area contributed by atoms with Gasteiger partial charge in [0.25, 0.3) is 0 Å². The number of carboxylic acids is 1. The molecule has 30 heavy (non-hydrogen) atoms. The van der Waals surface area contributed by atoms with Crippen LogP contribution in [-0.4, -0.2) is 57.6 Å². The van der Waals surface area contributed by atoms with Crippen LogP contribution in [0, 0.1) is 6.92 Å². The number of ether oxygens (including phenoxy) is 1. The molecule has 1 fully saturated rings. The Balaban J connectivity index is 1.59. The molecule has 1 N–H and O–H groups in total. The molecular formula is C20H21ClN2O5S2. The molecule has 10 heteroatoms. The number of aromatic carboxylic acids is 1. The predicted octanol–water partition coefficient (Wildman–Crippen LogP) is 4.17. The van der Waals surface area contributed by atoms with Crippen molar-refractivity contribution < 1.29 is 24.2 Å². The minimum Gasteiger partial charge on any atom is -0.491 e. The van der Waals surface area contributed by atoms with Crippen molar-refractivity contribution in [3.63, 3.8) is 0 Å². The van der Waals surface area contributed by atoms with Gasteiger partial charge in [-0.1, -0.05) is 23.4 Å². The Bertz CT molecular complexity index is 978. The van der Waals surface area contributed by atoms with E-state index in [-0.39, 0.29) is 30.0 Å². The third kappa shape index (κ3) is 5.33. The summed E-state index contributed by atoms with van der Waals surface area (Å²) in [7, 11) is 0. The Morgan fingerprint density at radius 2 is 2.20 bits per heavy atom. The summed E-state index contributed by atoms with van der Waals surface area (Å²) in [5.74, 6) is -0.0389. The van der Waals surface area contributed by atoms with Gasteiger partial charge in [-0.25, -0.2) is 9.78 Å². The number of thiazole rings is 1. The third-order valence-electron chi connectivity index (χ3n) is 4.78. The number of amides is 1. The Morgan fingerprint density at radius 1 is 1.43 bits per heavy atom. The fraction of sp³-hybridized carbons (Fsp3) is 0.400. The number of rotatable bonds is 9. The number of ketones is 1. The van der Waals surface area contributed by atoms with Gasteiger partial charge in [0, 0.05) is 29.1 Å². The second-order valence-corrected chi connectivity index (χ2v) is 9.50. The molecule has 1 atom stereocenters. The molecule has 0 unspecified atom stereocenters. The van der Waals surface area contributed by atoms with Gasteiger partial charge in [0.1, 0.15) is 12.4 Å². The summed E-state index contributed by atoms with van der Waals surface area (Å²) in [4.78, 5) is 41.0. The molecule has 2 aromatic rings. The van der Waals surface area contributed by atoms with Crippen molar-refractivity contribution in [1.29, 1.82) is 0 Å². The summed E-state index contributed by atoms with van der Waals surface area (Å²) < 4.78 is 6.60.